The van der Waals surface area contributed by atoms with Gasteiger partial charge in [0.1, 0.15) is 5.75 Å². The van der Waals surface area contributed by atoms with Gasteiger partial charge in [0.15, 0.2) is 5.82 Å². The predicted molar refractivity (Wildman–Crippen MR) is 108 cm³/mol. The molecule has 0 aliphatic rings. The third-order valence-electron chi connectivity index (χ3n) is 4.05. The number of nitrogens with zero attached hydrogens (tertiary/aromatic N) is 3. The molecule has 0 atom stereocenters. The van der Waals surface area contributed by atoms with Crippen molar-refractivity contribution in [2.45, 2.75) is 13.1 Å². The molecule has 4 rings (SSSR count). The van der Waals surface area contributed by atoms with E-state index < -0.39 is 0 Å². The van der Waals surface area contributed by atoms with Crippen molar-refractivity contribution in [2.24, 2.45) is 0 Å². The molecule has 0 amide bonds. The fraction of sp³-hybridized carbons (Fsp3) is 0.158. The van der Waals surface area contributed by atoms with Gasteiger partial charge >= 0.3 is 0 Å². The van der Waals surface area contributed by atoms with E-state index in [0.717, 1.165) is 39.7 Å². The van der Waals surface area contributed by atoms with Crippen LogP contribution in [0.4, 0.5) is 0 Å². The van der Waals surface area contributed by atoms with Crippen molar-refractivity contribution in [3.05, 3.63) is 69.6 Å². The molecule has 2 aromatic carbocycles. The Hall–Kier alpha value is -2.22. The van der Waals surface area contributed by atoms with E-state index in [1.54, 1.807) is 18.4 Å². The van der Waals surface area contributed by atoms with Crippen LogP contribution in [0.2, 0.25) is 0 Å². The lowest BCUT2D eigenvalue weighted by Gasteiger charge is -2.04. The normalized spacial score (nSPS) is 11.2. The highest BCUT2D eigenvalue weighted by Gasteiger charge is 2.11. The van der Waals surface area contributed by atoms with Crippen molar-refractivity contribution in [1.29, 1.82) is 0 Å². The van der Waals surface area contributed by atoms with Crippen LogP contribution in [0.15, 0.2) is 59.2 Å². The molecule has 0 bridgehead atoms. The van der Waals surface area contributed by atoms with E-state index in [9.17, 15) is 0 Å². The zero-order chi connectivity index (χ0) is 17.9. The minimum atomic E-state index is 0.792. The number of hydrogen-bond donors (Lipinski definition) is 1. The van der Waals surface area contributed by atoms with Gasteiger partial charge in [-0.3, -0.25) is 4.40 Å². The molecule has 1 N–H and O–H groups in total. The number of benzene rings is 2. The van der Waals surface area contributed by atoms with Crippen molar-refractivity contribution < 1.29 is 4.74 Å². The molecule has 0 saturated heterocycles. The van der Waals surface area contributed by atoms with Gasteiger partial charge in [0.25, 0.3) is 0 Å². The Morgan fingerprint density at radius 3 is 2.54 bits per heavy atom. The van der Waals surface area contributed by atoms with E-state index in [-0.39, 0.29) is 0 Å². The molecule has 26 heavy (non-hydrogen) atoms. The minimum absolute atomic E-state index is 0.792. The van der Waals surface area contributed by atoms with Gasteiger partial charge in [0.2, 0.25) is 4.96 Å². The highest BCUT2D eigenvalue weighted by atomic mass is 79.9. The van der Waals surface area contributed by atoms with Crippen molar-refractivity contribution in [3.63, 3.8) is 0 Å². The number of rotatable bonds is 6. The fourth-order valence-corrected chi connectivity index (χ4v) is 3.85. The largest absolute Gasteiger partial charge is 0.497 e. The molecule has 0 aliphatic carbocycles. The lowest BCUT2D eigenvalue weighted by Crippen LogP contribution is -2.11. The van der Waals surface area contributed by atoms with Crippen LogP contribution in [-0.4, -0.2) is 21.7 Å². The Kier molecular flexibility index (Phi) is 5.01. The van der Waals surface area contributed by atoms with Gasteiger partial charge in [0.05, 0.1) is 7.11 Å². The summed E-state index contributed by atoms with van der Waals surface area (Å²) < 4.78 is 8.29. The molecule has 0 fully saturated rings. The van der Waals surface area contributed by atoms with Crippen LogP contribution in [0.25, 0.3) is 16.3 Å². The summed E-state index contributed by atoms with van der Waals surface area (Å²) >= 11 is 5.12. The van der Waals surface area contributed by atoms with Crippen LogP contribution in [-0.2, 0) is 13.1 Å². The van der Waals surface area contributed by atoms with Gasteiger partial charge in [-0.05, 0) is 29.8 Å². The summed E-state index contributed by atoms with van der Waals surface area (Å²) in [7, 11) is 1.68. The fourth-order valence-electron chi connectivity index (χ4n) is 2.70. The first-order valence-corrected chi connectivity index (χ1v) is 9.77. The zero-order valence-electron chi connectivity index (χ0n) is 14.1. The average molecular weight is 429 g/mol. The highest BCUT2D eigenvalue weighted by molar-refractivity contribution is 9.10. The van der Waals surface area contributed by atoms with Crippen LogP contribution in [0, 0.1) is 0 Å². The summed E-state index contributed by atoms with van der Waals surface area (Å²) in [5, 5.41) is 12.1. The molecule has 0 aliphatic heterocycles. The molecule has 0 spiro atoms. The van der Waals surface area contributed by atoms with Gasteiger partial charge in [-0.25, -0.2) is 0 Å². The Morgan fingerprint density at radius 2 is 1.81 bits per heavy atom. The van der Waals surface area contributed by atoms with E-state index >= 15 is 0 Å². The van der Waals surface area contributed by atoms with E-state index in [0.29, 0.717) is 0 Å². The maximum Gasteiger partial charge on any atom is 0.216 e. The number of aromatic nitrogens is 3. The number of nitrogens with one attached hydrogen (secondary N) is 1. The first kappa shape index (κ1) is 17.2. The van der Waals surface area contributed by atoms with Gasteiger partial charge in [-0.15, -0.1) is 10.2 Å². The average Bonchev–Trinajstić information content (AvgIpc) is 3.23. The van der Waals surface area contributed by atoms with Crippen LogP contribution in [0.3, 0.4) is 0 Å². The quantitative estimate of drug-likeness (QED) is 0.490. The van der Waals surface area contributed by atoms with E-state index in [4.69, 9.17) is 4.74 Å². The Balaban J connectivity index is 1.45. The predicted octanol–water partition coefficient (Wildman–Crippen LogP) is 4.52. The van der Waals surface area contributed by atoms with Crippen molar-refractivity contribution >= 4 is 32.2 Å². The number of thiazole rings is 1. The second-order valence-corrected chi connectivity index (χ2v) is 7.84. The van der Waals surface area contributed by atoms with Crippen LogP contribution >= 0.6 is 27.3 Å². The van der Waals surface area contributed by atoms with Crippen molar-refractivity contribution in [3.8, 4) is 17.1 Å². The number of hydrogen-bond acceptors (Lipinski definition) is 5. The third-order valence-corrected chi connectivity index (χ3v) is 5.55. The van der Waals surface area contributed by atoms with Crippen molar-refractivity contribution in [2.75, 3.05) is 7.11 Å². The topological polar surface area (TPSA) is 51.5 Å². The van der Waals surface area contributed by atoms with E-state index in [2.05, 4.69) is 54.2 Å². The molecule has 4 aromatic rings. The second-order valence-electron chi connectivity index (χ2n) is 5.83. The SMILES string of the molecule is COc1ccc(CNCc2cn3c(-c4ccc(Br)cc4)nnc3s2)cc1. The summed E-state index contributed by atoms with van der Waals surface area (Å²) in [5.41, 5.74) is 2.28. The number of ether oxygens (including phenoxy) is 1. The molecular formula is C19H17BrN4OS. The summed E-state index contributed by atoms with van der Waals surface area (Å²) in [5.74, 6) is 1.74. The standard InChI is InChI=1S/C19H17BrN4OS/c1-25-16-8-2-13(3-9-16)10-21-11-17-12-24-18(22-23-19(24)26-17)14-4-6-15(20)7-5-14/h2-9,12,21H,10-11H2,1H3. The summed E-state index contributed by atoms with van der Waals surface area (Å²) in [6.07, 6.45) is 2.11. The van der Waals surface area contributed by atoms with Crippen LogP contribution in [0.5, 0.6) is 5.75 Å². The molecular weight excluding hydrogens is 412 g/mol. The zero-order valence-corrected chi connectivity index (χ0v) is 16.5. The number of fused-ring (bicyclic) bond motifs is 1. The van der Waals surface area contributed by atoms with Gasteiger partial charge in [-0.1, -0.05) is 51.5 Å². The van der Waals surface area contributed by atoms with Crippen LogP contribution in [0.1, 0.15) is 10.4 Å². The molecule has 7 heteroatoms. The third kappa shape index (κ3) is 3.65. The van der Waals surface area contributed by atoms with Gasteiger partial charge < -0.3 is 10.1 Å². The Bertz CT molecular complexity index is 1010. The highest BCUT2D eigenvalue weighted by Crippen LogP contribution is 2.25. The second kappa shape index (κ2) is 7.57. The van der Waals surface area contributed by atoms with Gasteiger partial charge in [0, 0.05) is 34.2 Å². The van der Waals surface area contributed by atoms with Crippen molar-refractivity contribution in [1.82, 2.24) is 19.9 Å². The lowest BCUT2D eigenvalue weighted by atomic mass is 10.2. The smallest absolute Gasteiger partial charge is 0.216 e. The monoisotopic (exact) mass is 428 g/mol. The lowest BCUT2D eigenvalue weighted by molar-refractivity contribution is 0.414. The number of methoxy groups -OCH3 is 1. The molecule has 2 heterocycles. The summed E-state index contributed by atoms with van der Waals surface area (Å²) in [6.45, 7) is 1.60. The number of halogens is 1. The Morgan fingerprint density at radius 1 is 1.04 bits per heavy atom. The maximum atomic E-state index is 5.18. The van der Waals surface area contributed by atoms with Crippen LogP contribution < -0.4 is 10.1 Å². The summed E-state index contributed by atoms with van der Waals surface area (Å²) in [6, 6.07) is 16.2. The maximum absolute atomic E-state index is 5.18. The molecule has 0 unspecified atom stereocenters. The first-order chi connectivity index (χ1) is 12.7. The molecule has 132 valence electrons. The van der Waals surface area contributed by atoms with E-state index in [1.807, 2.05) is 36.4 Å². The Labute approximate surface area is 163 Å². The molecule has 0 saturated carbocycles. The molecule has 5 nitrogen and oxygen atoms in total. The summed E-state index contributed by atoms with van der Waals surface area (Å²) in [4.78, 5) is 2.13. The first-order valence-electron chi connectivity index (χ1n) is 8.16. The minimum Gasteiger partial charge on any atom is -0.497 e. The van der Waals surface area contributed by atoms with E-state index in [1.165, 1.54) is 10.4 Å². The molecule has 2 aromatic heterocycles. The van der Waals surface area contributed by atoms with Gasteiger partial charge in [-0.2, -0.15) is 0 Å². The molecule has 0 radical (unpaired) electrons.